The highest BCUT2D eigenvalue weighted by atomic mass is 32.1. The molecule has 0 saturated carbocycles. The van der Waals surface area contributed by atoms with Crippen LogP contribution in [0.25, 0.3) is 16.7 Å². The number of carbonyl (C=O) groups is 1. The summed E-state index contributed by atoms with van der Waals surface area (Å²) in [6.45, 7) is 0. The molecule has 0 aliphatic heterocycles. The van der Waals surface area contributed by atoms with Crippen molar-refractivity contribution in [2.75, 3.05) is 0 Å². The van der Waals surface area contributed by atoms with Crippen LogP contribution in [0, 0.1) is 0 Å². The highest BCUT2D eigenvalue weighted by Gasteiger charge is 2.11. The van der Waals surface area contributed by atoms with Gasteiger partial charge >= 0.3 is 11.7 Å². The monoisotopic (exact) mass is 260 g/mol. The number of aromatic amines is 1. The van der Waals surface area contributed by atoms with Crippen LogP contribution < -0.4 is 5.69 Å². The van der Waals surface area contributed by atoms with Gasteiger partial charge in [-0.3, -0.25) is 4.57 Å². The molecule has 2 aromatic heterocycles. The summed E-state index contributed by atoms with van der Waals surface area (Å²) < 4.78 is 1.47. The molecule has 18 heavy (non-hydrogen) atoms. The molecule has 6 heteroatoms. The molecular formula is C12H8N2O3S. The largest absolute Gasteiger partial charge is 0.478 e. The number of nitrogens with one attached hydrogen (secondary N) is 1. The van der Waals surface area contributed by atoms with Gasteiger partial charge in [0.2, 0.25) is 0 Å². The fourth-order valence-corrected chi connectivity index (χ4v) is 2.50. The number of H-pyrrole nitrogens is 1. The van der Waals surface area contributed by atoms with Crippen molar-refractivity contribution < 1.29 is 9.90 Å². The highest BCUT2D eigenvalue weighted by molar-refractivity contribution is 7.08. The molecular weight excluding hydrogens is 252 g/mol. The lowest BCUT2D eigenvalue weighted by Gasteiger charge is -2.00. The molecule has 0 unspecified atom stereocenters. The van der Waals surface area contributed by atoms with Crippen LogP contribution >= 0.6 is 11.3 Å². The van der Waals surface area contributed by atoms with Crippen LogP contribution in [0.3, 0.4) is 0 Å². The SMILES string of the molecule is O=C(O)c1ccc2[nH]c(=O)n(-c3ccsc3)c2c1. The van der Waals surface area contributed by atoms with Gasteiger partial charge in [-0.15, -0.1) is 0 Å². The Labute approximate surface area is 105 Å². The highest BCUT2D eigenvalue weighted by Crippen LogP contribution is 2.18. The summed E-state index contributed by atoms with van der Waals surface area (Å²) in [7, 11) is 0. The maximum absolute atomic E-state index is 11.9. The Kier molecular flexibility index (Phi) is 2.31. The molecule has 0 fully saturated rings. The van der Waals surface area contributed by atoms with Gasteiger partial charge in [0.05, 0.1) is 22.3 Å². The minimum atomic E-state index is -1.01. The summed E-state index contributed by atoms with van der Waals surface area (Å²) in [5.41, 5.74) is 1.81. The van der Waals surface area contributed by atoms with Crippen molar-refractivity contribution in [3.8, 4) is 5.69 Å². The normalized spacial score (nSPS) is 10.9. The van der Waals surface area contributed by atoms with Crippen molar-refractivity contribution in [1.29, 1.82) is 0 Å². The number of hydrogen-bond acceptors (Lipinski definition) is 3. The molecule has 0 aliphatic rings. The van der Waals surface area contributed by atoms with Gasteiger partial charge in [-0.05, 0) is 29.6 Å². The van der Waals surface area contributed by atoms with E-state index < -0.39 is 5.97 Å². The van der Waals surface area contributed by atoms with Crippen molar-refractivity contribution in [2.24, 2.45) is 0 Å². The average molecular weight is 260 g/mol. The lowest BCUT2D eigenvalue weighted by molar-refractivity contribution is 0.0697. The number of nitrogens with zero attached hydrogens (tertiary/aromatic N) is 1. The molecule has 5 nitrogen and oxygen atoms in total. The Balaban J connectivity index is 2.37. The Morgan fingerprint density at radius 2 is 2.17 bits per heavy atom. The number of rotatable bonds is 2. The van der Waals surface area contributed by atoms with Crippen molar-refractivity contribution in [3.63, 3.8) is 0 Å². The number of imidazole rings is 1. The molecule has 0 radical (unpaired) electrons. The van der Waals surface area contributed by atoms with Crippen LogP contribution in [0.5, 0.6) is 0 Å². The smallest absolute Gasteiger partial charge is 0.335 e. The van der Waals surface area contributed by atoms with E-state index in [1.165, 1.54) is 28.0 Å². The molecule has 2 heterocycles. The van der Waals surface area contributed by atoms with Crippen molar-refractivity contribution in [3.05, 3.63) is 51.1 Å². The third-order valence-electron chi connectivity index (χ3n) is 2.69. The van der Waals surface area contributed by atoms with Crippen LogP contribution in [0.15, 0.2) is 39.8 Å². The summed E-state index contributed by atoms with van der Waals surface area (Å²) in [4.78, 5) is 25.5. The number of carboxylic acids is 1. The predicted octanol–water partition coefficient (Wildman–Crippen LogP) is 2.08. The van der Waals surface area contributed by atoms with Crippen molar-refractivity contribution in [2.45, 2.75) is 0 Å². The zero-order valence-corrected chi connectivity index (χ0v) is 9.90. The quantitative estimate of drug-likeness (QED) is 0.740. The molecule has 0 saturated heterocycles. The third kappa shape index (κ3) is 1.54. The van der Waals surface area contributed by atoms with Gasteiger partial charge in [0.15, 0.2) is 0 Å². The molecule has 2 N–H and O–H groups in total. The molecule has 90 valence electrons. The van der Waals surface area contributed by atoms with E-state index in [0.29, 0.717) is 11.0 Å². The Morgan fingerprint density at radius 3 is 2.83 bits per heavy atom. The molecule has 0 amide bonds. The number of benzene rings is 1. The number of carboxylic acid groups (broad SMARTS) is 1. The van der Waals surface area contributed by atoms with E-state index in [1.807, 2.05) is 16.8 Å². The Morgan fingerprint density at radius 1 is 1.33 bits per heavy atom. The van der Waals surface area contributed by atoms with Crippen LogP contribution in [0.4, 0.5) is 0 Å². The number of aromatic nitrogens is 2. The van der Waals surface area contributed by atoms with Crippen LogP contribution in [0.1, 0.15) is 10.4 Å². The number of aromatic carboxylic acids is 1. The molecule has 1 aromatic carbocycles. The maximum Gasteiger partial charge on any atom is 0.335 e. The topological polar surface area (TPSA) is 75.1 Å². The summed E-state index contributed by atoms with van der Waals surface area (Å²) >= 11 is 1.48. The number of fused-ring (bicyclic) bond motifs is 1. The minimum Gasteiger partial charge on any atom is -0.478 e. The molecule has 0 spiro atoms. The fraction of sp³-hybridized carbons (Fsp3) is 0. The summed E-state index contributed by atoms with van der Waals surface area (Å²) in [5, 5.41) is 12.7. The molecule has 0 atom stereocenters. The van der Waals surface area contributed by atoms with E-state index in [4.69, 9.17) is 5.11 Å². The average Bonchev–Trinajstić information content (AvgIpc) is 2.93. The van der Waals surface area contributed by atoms with E-state index in [9.17, 15) is 9.59 Å². The standard InChI is InChI=1S/C12H8N2O3S/c15-11(16)7-1-2-9-10(5-7)14(12(17)13-9)8-3-4-18-6-8/h1-6H,(H,13,17)(H,15,16). The molecule has 3 rings (SSSR count). The zero-order chi connectivity index (χ0) is 12.7. The van der Waals surface area contributed by atoms with Crippen LogP contribution in [-0.2, 0) is 0 Å². The lowest BCUT2D eigenvalue weighted by atomic mass is 10.2. The Hall–Kier alpha value is -2.34. The first kappa shape index (κ1) is 10.8. The van der Waals surface area contributed by atoms with Gasteiger partial charge in [0.25, 0.3) is 0 Å². The van der Waals surface area contributed by atoms with Crippen LogP contribution in [-0.4, -0.2) is 20.6 Å². The van der Waals surface area contributed by atoms with E-state index in [1.54, 1.807) is 6.07 Å². The first-order valence-electron chi connectivity index (χ1n) is 5.17. The maximum atomic E-state index is 11.9. The fourth-order valence-electron chi connectivity index (χ4n) is 1.88. The van der Waals surface area contributed by atoms with Crippen molar-refractivity contribution >= 4 is 28.3 Å². The summed E-state index contributed by atoms with van der Waals surface area (Å²) in [6.07, 6.45) is 0. The van der Waals surface area contributed by atoms with Gasteiger partial charge in [0.1, 0.15) is 0 Å². The molecule has 0 aliphatic carbocycles. The van der Waals surface area contributed by atoms with E-state index in [0.717, 1.165) is 5.69 Å². The Bertz CT molecular complexity index is 783. The first-order valence-corrected chi connectivity index (χ1v) is 6.12. The molecule has 0 bridgehead atoms. The minimum absolute atomic E-state index is 0.158. The summed E-state index contributed by atoms with van der Waals surface area (Å²) in [6, 6.07) is 6.38. The zero-order valence-electron chi connectivity index (χ0n) is 9.08. The van der Waals surface area contributed by atoms with E-state index in [2.05, 4.69) is 4.98 Å². The predicted molar refractivity (Wildman–Crippen MR) is 68.7 cm³/mol. The summed E-state index contributed by atoms with van der Waals surface area (Å²) in [5.74, 6) is -1.01. The van der Waals surface area contributed by atoms with Gasteiger partial charge in [-0.2, -0.15) is 11.3 Å². The van der Waals surface area contributed by atoms with Crippen LogP contribution in [0.2, 0.25) is 0 Å². The second kappa shape index (κ2) is 3.85. The number of hydrogen-bond donors (Lipinski definition) is 2. The van der Waals surface area contributed by atoms with Gasteiger partial charge < -0.3 is 10.1 Å². The third-order valence-corrected chi connectivity index (χ3v) is 3.37. The lowest BCUT2D eigenvalue weighted by Crippen LogP contribution is -2.13. The van der Waals surface area contributed by atoms with Crippen molar-refractivity contribution in [1.82, 2.24) is 9.55 Å². The van der Waals surface area contributed by atoms with Gasteiger partial charge in [0, 0.05) is 5.38 Å². The van der Waals surface area contributed by atoms with Gasteiger partial charge in [-0.25, -0.2) is 9.59 Å². The van der Waals surface area contributed by atoms with Gasteiger partial charge in [-0.1, -0.05) is 0 Å². The number of thiophene rings is 1. The van der Waals surface area contributed by atoms with E-state index >= 15 is 0 Å². The second-order valence-corrected chi connectivity index (χ2v) is 4.56. The second-order valence-electron chi connectivity index (χ2n) is 3.78. The first-order chi connectivity index (χ1) is 8.66. The molecule has 3 aromatic rings. The van der Waals surface area contributed by atoms with E-state index in [-0.39, 0.29) is 11.3 Å².